The zero-order chi connectivity index (χ0) is 12.1. The van der Waals surface area contributed by atoms with Gasteiger partial charge in [0.1, 0.15) is 0 Å². The molecule has 0 aliphatic carbocycles. The van der Waals surface area contributed by atoms with Gasteiger partial charge in [0.15, 0.2) is 0 Å². The van der Waals surface area contributed by atoms with E-state index in [0.29, 0.717) is 0 Å². The molecular weight excluding hydrogens is 411 g/mol. The normalized spacial score (nSPS) is 11.2. The van der Waals surface area contributed by atoms with Crippen molar-refractivity contribution in [1.82, 2.24) is 0 Å². The molecule has 0 bridgehead atoms. The van der Waals surface area contributed by atoms with E-state index in [2.05, 4.69) is 80.6 Å². The van der Waals surface area contributed by atoms with Gasteiger partial charge in [-0.25, -0.2) is 0 Å². The quantitative estimate of drug-likeness (QED) is 0.650. The maximum atomic E-state index is 2.26. The van der Waals surface area contributed by atoms with Crippen LogP contribution in [0, 0.1) is 0 Å². The second-order valence-corrected chi connectivity index (χ2v) is 4.83. The van der Waals surface area contributed by atoms with Crippen LogP contribution in [-0.4, -0.2) is 27.3 Å². The summed E-state index contributed by atoms with van der Waals surface area (Å²) in [6.07, 6.45) is 4.45. The molecule has 0 atom stereocenters. The van der Waals surface area contributed by atoms with E-state index in [-0.39, 0.29) is 32.7 Å². The van der Waals surface area contributed by atoms with Crippen molar-refractivity contribution in [2.75, 3.05) is 0 Å². The van der Waals surface area contributed by atoms with Gasteiger partial charge in [-0.3, -0.25) is 0 Å². The van der Waals surface area contributed by atoms with Gasteiger partial charge in [-0.15, -0.1) is 0 Å². The van der Waals surface area contributed by atoms with E-state index >= 15 is 0 Å². The van der Waals surface area contributed by atoms with Gasteiger partial charge in [-0.2, -0.15) is 0 Å². The molecule has 0 saturated heterocycles. The molecule has 0 aliphatic rings. The third-order valence-electron chi connectivity index (χ3n) is 3.01. The Kier molecular flexibility index (Phi) is 5.80. The fraction of sp³-hybridized carbons (Fsp3) is 0.176. The van der Waals surface area contributed by atoms with Crippen LogP contribution in [-0.2, 0) is 5.41 Å². The van der Waals surface area contributed by atoms with Gasteiger partial charge < -0.3 is 0 Å². The molecule has 0 unspecified atom stereocenters. The van der Waals surface area contributed by atoms with Crippen LogP contribution in [0.25, 0.3) is 6.08 Å². The van der Waals surface area contributed by atoms with E-state index < -0.39 is 0 Å². The van der Waals surface area contributed by atoms with E-state index in [1.54, 1.807) is 0 Å². The monoisotopic (exact) mass is 432 g/mol. The molecule has 0 N–H and O–H groups in total. The van der Waals surface area contributed by atoms with Gasteiger partial charge in [0, 0.05) is 5.41 Å². The Morgan fingerprint density at radius 2 is 1.28 bits per heavy atom. The van der Waals surface area contributed by atoms with E-state index in [9.17, 15) is 0 Å². The summed E-state index contributed by atoms with van der Waals surface area (Å²) < 4.78 is 0. The molecule has 2 aromatic carbocycles. The zero-order valence-electron chi connectivity index (χ0n) is 11.1. The van der Waals surface area contributed by atoms with Crippen LogP contribution < -0.4 is 0 Å². The summed E-state index contributed by atoms with van der Waals surface area (Å²) >= 11 is 0. The predicted molar refractivity (Wildman–Crippen MR) is 83.5 cm³/mol. The molecule has 0 saturated carbocycles. The molecule has 1 heteroatoms. The third-order valence-corrected chi connectivity index (χ3v) is 3.01. The number of benzene rings is 2. The van der Waals surface area contributed by atoms with Crippen LogP contribution in [0.3, 0.4) is 0 Å². The van der Waals surface area contributed by atoms with E-state index in [4.69, 9.17) is 0 Å². The number of allylic oxidation sites excluding steroid dienone is 1. The summed E-state index contributed by atoms with van der Waals surface area (Å²) in [5.74, 6) is 0. The molecule has 0 nitrogen and oxygen atoms in total. The zero-order valence-corrected chi connectivity index (χ0v) is 16.6. The topological polar surface area (TPSA) is 0 Å². The Morgan fingerprint density at radius 1 is 0.778 bits per heavy atom. The van der Waals surface area contributed by atoms with Gasteiger partial charge in [-0.05, 0) is 11.1 Å². The SMILES string of the molecule is CC(C)(C=Cc1ccccc1)c1ccccc1.[PbH2]. The molecular formula is C17H20Pb. The van der Waals surface area contributed by atoms with Gasteiger partial charge >= 0.3 is 27.3 Å². The Balaban J connectivity index is 0.00000162. The molecule has 0 fully saturated rings. The molecule has 2 radical (unpaired) electrons. The van der Waals surface area contributed by atoms with Crippen molar-refractivity contribution in [3.05, 3.63) is 77.9 Å². The van der Waals surface area contributed by atoms with Crippen molar-refractivity contribution in [2.45, 2.75) is 19.3 Å². The fourth-order valence-corrected chi connectivity index (χ4v) is 1.83. The second-order valence-electron chi connectivity index (χ2n) is 4.83. The second kappa shape index (κ2) is 6.88. The fourth-order valence-electron chi connectivity index (χ4n) is 1.83. The standard InChI is InChI=1S/C17H18.Pb.2H/c1-17(2,16-11-7-4-8-12-16)14-13-15-9-5-3-6-10-15;;;/h3-14H,1-2H3;;;. The molecule has 18 heavy (non-hydrogen) atoms. The third kappa shape index (κ3) is 4.09. The molecule has 2 aromatic rings. The molecule has 92 valence electrons. The molecule has 0 amide bonds. The first-order chi connectivity index (χ1) is 8.18. The Morgan fingerprint density at radius 3 is 1.83 bits per heavy atom. The van der Waals surface area contributed by atoms with Gasteiger partial charge in [0.2, 0.25) is 0 Å². The van der Waals surface area contributed by atoms with Crippen molar-refractivity contribution in [3.63, 3.8) is 0 Å². The number of rotatable bonds is 3. The van der Waals surface area contributed by atoms with Gasteiger partial charge in [0.25, 0.3) is 0 Å². The Labute approximate surface area is 130 Å². The molecule has 2 rings (SSSR count). The minimum atomic E-state index is 0. The van der Waals surface area contributed by atoms with Crippen LogP contribution in [0.4, 0.5) is 0 Å². The van der Waals surface area contributed by atoms with Crippen molar-refractivity contribution in [2.24, 2.45) is 0 Å². The molecule has 0 aliphatic heterocycles. The average Bonchev–Trinajstić information content (AvgIpc) is 2.39. The first-order valence-corrected chi connectivity index (χ1v) is 5.98. The van der Waals surface area contributed by atoms with E-state index in [1.807, 2.05) is 6.07 Å². The van der Waals surface area contributed by atoms with Crippen molar-refractivity contribution >= 4 is 33.4 Å². The summed E-state index contributed by atoms with van der Waals surface area (Å²) in [7, 11) is 0. The molecule has 0 heterocycles. The van der Waals surface area contributed by atoms with Crippen LogP contribution in [0.2, 0.25) is 0 Å². The first kappa shape index (κ1) is 15.2. The molecule has 0 spiro atoms. The van der Waals surface area contributed by atoms with Crippen LogP contribution in [0.1, 0.15) is 25.0 Å². The van der Waals surface area contributed by atoms with Gasteiger partial charge in [0.05, 0.1) is 0 Å². The summed E-state index contributed by atoms with van der Waals surface area (Å²) in [5, 5.41) is 0. The molecule has 0 aromatic heterocycles. The van der Waals surface area contributed by atoms with Gasteiger partial charge in [-0.1, -0.05) is 86.7 Å². The Hall–Kier alpha value is -0.898. The summed E-state index contributed by atoms with van der Waals surface area (Å²) in [6.45, 7) is 4.48. The van der Waals surface area contributed by atoms with Crippen LogP contribution in [0.15, 0.2) is 66.7 Å². The first-order valence-electron chi connectivity index (χ1n) is 5.98. The van der Waals surface area contributed by atoms with Crippen LogP contribution in [0.5, 0.6) is 0 Å². The van der Waals surface area contributed by atoms with Crippen molar-refractivity contribution in [3.8, 4) is 0 Å². The Bertz CT molecular complexity index is 484. The number of hydrogen-bond acceptors (Lipinski definition) is 0. The van der Waals surface area contributed by atoms with Crippen molar-refractivity contribution in [1.29, 1.82) is 0 Å². The predicted octanol–water partition coefficient (Wildman–Crippen LogP) is 3.76. The average molecular weight is 432 g/mol. The number of hydrogen-bond donors (Lipinski definition) is 0. The van der Waals surface area contributed by atoms with E-state index in [0.717, 1.165) is 0 Å². The van der Waals surface area contributed by atoms with Crippen molar-refractivity contribution < 1.29 is 0 Å². The maximum absolute atomic E-state index is 2.26. The minimum absolute atomic E-state index is 0. The summed E-state index contributed by atoms with van der Waals surface area (Å²) in [5.41, 5.74) is 2.65. The summed E-state index contributed by atoms with van der Waals surface area (Å²) in [4.78, 5) is 0. The summed E-state index contributed by atoms with van der Waals surface area (Å²) in [6, 6.07) is 21.0. The van der Waals surface area contributed by atoms with Crippen LogP contribution >= 0.6 is 0 Å². The van der Waals surface area contributed by atoms with E-state index in [1.165, 1.54) is 11.1 Å².